The summed E-state index contributed by atoms with van der Waals surface area (Å²) in [4.78, 5) is 0. The van der Waals surface area contributed by atoms with Crippen molar-refractivity contribution in [3.05, 3.63) is 40.2 Å². The van der Waals surface area contributed by atoms with Crippen LogP contribution in [0.2, 0.25) is 19.6 Å². The van der Waals surface area contributed by atoms with Gasteiger partial charge in [0, 0.05) is 8.07 Å². The van der Waals surface area contributed by atoms with E-state index in [2.05, 4.69) is 59.9 Å². The molecule has 0 N–H and O–H groups in total. The van der Waals surface area contributed by atoms with Crippen LogP contribution in [-0.4, -0.2) is 48.9 Å². The summed E-state index contributed by atoms with van der Waals surface area (Å²) in [6, 6.07) is 8.69. The molecule has 0 amide bonds. The summed E-state index contributed by atoms with van der Waals surface area (Å²) in [5, 5.41) is 12.8. The van der Waals surface area contributed by atoms with Crippen LogP contribution in [0.25, 0.3) is 16.0 Å². The molecule has 0 atom stereocenters. The van der Waals surface area contributed by atoms with Gasteiger partial charge in [0.1, 0.15) is 0 Å². The summed E-state index contributed by atoms with van der Waals surface area (Å²) in [6.07, 6.45) is 0. The second-order valence-corrected chi connectivity index (χ2v) is 10.4. The van der Waals surface area contributed by atoms with Crippen LogP contribution in [0.4, 0.5) is 0 Å². The van der Waals surface area contributed by atoms with Crippen molar-refractivity contribution in [2.24, 2.45) is 0 Å². The van der Waals surface area contributed by atoms with Crippen LogP contribution >= 0.6 is 0 Å². The van der Waals surface area contributed by atoms with E-state index in [1.54, 1.807) is 26.3 Å². The van der Waals surface area contributed by atoms with Crippen LogP contribution in [0.1, 0.15) is 20.8 Å². The topological polar surface area (TPSA) is 42.3 Å². The van der Waals surface area contributed by atoms with Gasteiger partial charge in [-0.15, -0.1) is 0 Å². The smallest absolute Gasteiger partial charge is 0.665 e. The predicted octanol–water partition coefficient (Wildman–Crippen LogP) is 4.98. The van der Waals surface area contributed by atoms with Gasteiger partial charge in [-0.1, -0.05) is 40.4 Å². The molecule has 0 aliphatic heterocycles. The fourth-order valence-corrected chi connectivity index (χ4v) is 2.07. The SMILES string of the molecule is CC[N-]C.CC[N-]C.CC[N-]C.C[Si](C)(C)[c-]1cccc1.[Hf+4]. The van der Waals surface area contributed by atoms with Gasteiger partial charge in [-0.05, 0) is 0 Å². The molecule has 0 radical (unpaired) electrons. The van der Waals surface area contributed by atoms with E-state index in [1.165, 1.54) is 0 Å². The van der Waals surface area contributed by atoms with Gasteiger partial charge in [-0.3, -0.25) is 0 Å². The van der Waals surface area contributed by atoms with E-state index in [1.807, 2.05) is 20.8 Å². The zero-order valence-electron chi connectivity index (χ0n) is 16.3. The van der Waals surface area contributed by atoms with E-state index in [0.717, 1.165) is 19.6 Å². The Morgan fingerprint density at radius 1 is 0.727 bits per heavy atom. The Morgan fingerprint density at radius 2 is 0.955 bits per heavy atom. The molecule has 0 saturated heterocycles. The Kier molecular flexibility index (Phi) is 32.4. The largest absolute Gasteiger partial charge is 4.00 e. The molecule has 3 nitrogen and oxygen atoms in total. The Hall–Kier alpha value is 0.317. The van der Waals surface area contributed by atoms with Crippen LogP contribution < -0.4 is 5.19 Å². The maximum atomic E-state index is 3.74. The van der Waals surface area contributed by atoms with Gasteiger partial charge in [0.05, 0.1) is 0 Å². The second-order valence-electron chi connectivity index (χ2n) is 5.32. The van der Waals surface area contributed by atoms with Gasteiger partial charge in [-0.25, -0.2) is 12.1 Å². The van der Waals surface area contributed by atoms with E-state index in [4.69, 9.17) is 0 Å². The van der Waals surface area contributed by atoms with Crippen LogP contribution in [0, 0.1) is 0 Å². The molecule has 0 bridgehead atoms. The van der Waals surface area contributed by atoms with Crippen LogP contribution in [0.15, 0.2) is 24.3 Å². The first kappa shape index (κ1) is 30.2. The van der Waals surface area contributed by atoms with Crippen molar-refractivity contribution >= 4 is 13.3 Å². The number of nitrogens with zero attached hydrogens (tertiary/aromatic N) is 3. The standard InChI is InChI=1S/C8H13Si.3C3H8N.Hf/c1-9(2,3)8-6-4-5-7-8;3*1-3-4-2;/h4-7H,1-3H3;3*3H2,1-2H3;/q4*-1;+4. The Bertz CT molecular complexity index is 244. The Balaban J connectivity index is -0.000000107. The molecule has 0 aromatic heterocycles. The monoisotopic (exact) mass is 491 g/mol. The molecular formula is C17H37HfN3Si. The zero-order chi connectivity index (χ0) is 17.1. The summed E-state index contributed by atoms with van der Waals surface area (Å²) in [5.74, 6) is 0. The number of rotatable bonds is 4. The van der Waals surface area contributed by atoms with Gasteiger partial charge >= 0.3 is 25.8 Å². The van der Waals surface area contributed by atoms with Gasteiger partial charge in [0.2, 0.25) is 0 Å². The van der Waals surface area contributed by atoms with Crippen molar-refractivity contribution in [2.75, 3.05) is 40.8 Å². The first-order valence-corrected chi connectivity index (χ1v) is 11.2. The van der Waals surface area contributed by atoms with E-state index in [9.17, 15) is 0 Å². The van der Waals surface area contributed by atoms with Gasteiger partial charge < -0.3 is 16.0 Å². The summed E-state index contributed by atoms with van der Waals surface area (Å²) in [7, 11) is 4.44. The van der Waals surface area contributed by atoms with Crippen LogP contribution in [0.5, 0.6) is 0 Å². The summed E-state index contributed by atoms with van der Waals surface area (Å²) in [5.41, 5.74) is 0. The van der Waals surface area contributed by atoms with Gasteiger partial charge in [-0.2, -0.15) is 58.1 Å². The first-order chi connectivity index (χ1) is 9.85. The summed E-state index contributed by atoms with van der Waals surface area (Å²) in [6.45, 7) is 16.0. The third-order valence-electron chi connectivity index (χ3n) is 2.48. The van der Waals surface area contributed by atoms with Crippen molar-refractivity contribution < 1.29 is 25.8 Å². The molecule has 0 aliphatic rings. The van der Waals surface area contributed by atoms with Crippen LogP contribution in [-0.2, 0) is 25.8 Å². The fourth-order valence-electron chi connectivity index (χ4n) is 0.874. The third-order valence-corrected chi connectivity index (χ3v) is 4.54. The first-order valence-electron chi connectivity index (χ1n) is 7.74. The molecule has 1 aromatic rings. The van der Waals surface area contributed by atoms with Crippen molar-refractivity contribution in [1.29, 1.82) is 0 Å². The van der Waals surface area contributed by atoms with Gasteiger partial charge in [0.25, 0.3) is 0 Å². The molecule has 0 heterocycles. The van der Waals surface area contributed by atoms with Crippen molar-refractivity contribution in [3.8, 4) is 0 Å². The summed E-state index contributed by atoms with van der Waals surface area (Å²) >= 11 is 0. The molecule has 0 saturated carbocycles. The van der Waals surface area contributed by atoms with Gasteiger partial charge in [0.15, 0.2) is 0 Å². The molecule has 1 rings (SSSR count). The number of hydrogen-bond acceptors (Lipinski definition) is 0. The Morgan fingerprint density at radius 3 is 1.05 bits per heavy atom. The number of hydrogen-bond donors (Lipinski definition) is 0. The molecule has 128 valence electrons. The Labute approximate surface area is 160 Å². The molecule has 0 unspecified atom stereocenters. The molecule has 1 aromatic carbocycles. The second kappa shape index (κ2) is 23.6. The van der Waals surface area contributed by atoms with Crippen molar-refractivity contribution in [3.63, 3.8) is 0 Å². The maximum absolute atomic E-state index is 3.74. The van der Waals surface area contributed by atoms with Crippen LogP contribution in [0.3, 0.4) is 0 Å². The third kappa shape index (κ3) is 28.5. The molecule has 0 aliphatic carbocycles. The minimum Gasteiger partial charge on any atom is -0.665 e. The minimum absolute atomic E-state index is 0. The van der Waals surface area contributed by atoms with E-state index < -0.39 is 8.07 Å². The van der Waals surface area contributed by atoms with Crippen molar-refractivity contribution in [2.45, 2.75) is 40.4 Å². The van der Waals surface area contributed by atoms with Crippen molar-refractivity contribution in [1.82, 2.24) is 0 Å². The summed E-state index contributed by atoms with van der Waals surface area (Å²) < 4.78 is 0. The fraction of sp³-hybridized carbons (Fsp3) is 0.706. The van der Waals surface area contributed by atoms with E-state index >= 15 is 0 Å². The normalized spacial score (nSPS) is 8.95. The molecule has 22 heavy (non-hydrogen) atoms. The molecule has 5 heteroatoms. The predicted molar refractivity (Wildman–Crippen MR) is 104 cm³/mol. The zero-order valence-corrected chi connectivity index (χ0v) is 20.9. The molecular weight excluding hydrogens is 453 g/mol. The van der Waals surface area contributed by atoms with E-state index in [-0.39, 0.29) is 25.8 Å². The average molecular weight is 490 g/mol. The maximum Gasteiger partial charge on any atom is 4.00 e. The molecule has 0 fully saturated rings. The minimum atomic E-state index is -0.981. The quantitative estimate of drug-likeness (QED) is 0.423. The average Bonchev–Trinajstić information content (AvgIpc) is 3.02. The van der Waals surface area contributed by atoms with E-state index in [0.29, 0.717) is 0 Å². The molecule has 0 spiro atoms.